The van der Waals surface area contributed by atoms with Crippen LogP contribution in [-0.4, -0.2) is 33.5 Å². The lowest BCUT2D eigenvalue weighted by Crippen LogP contribution is -2.42. The molecule has 1 aromatic rings. The van der Waals surface area contributed by atoms with Gasteiger partial charge >= 0.3 is 5.97 Å². The maximum atomic E-state index is 12.0. The lowest BCUT2D eigenvalue weighted by Gasteiger charge is -2.14. The summed E-state index contributed by atoms with van der Waals surface area (Å²) in [5.74, 6) is -2.26. The molecule has 0 saturated carbocycles. The number of nitrogens with two attached hydrogens (primary N) is 1. The predicted octanol–water partition coefficient (Wildman–Crippen LogP) is 0.347. The van der Waals surface area contributed by atoms with E-state index in [4.69, 9.17) is 10.8 Å². The summed E-state index contributed by atoms with van der Waals surface area (Å²) in [7, 11) is 0. The van der Waals surface area contributed by atoms with E-state index in [1.807, 2.05) is 6.92 Å². The SMILES string of the molecule is CCCn1cccc1C(=O)N[C@@H](CCC(N)=O)C(=O)O. The Morgan fingerprint density at radius 1 is 1.45 bits per heavy atom. The first-order valence-corrected chi connectivity index (χ1v) is 6.42. The first-order valence-electron chi connectivity index (χ1n) is 6.42. The topological polar surface area (TPSA) is 114 Å². The zero-order chi connectivity index (χ0) is 15.1. The normalized spacial score (nSPS) is 11.8. The number of amides is 2. The number of aromatic nitrogens is 1. The molecule has 7 nitrogen and oxygen atoms in total. The van der Waals surface area contributed by atoms with Gasteiger partial charge in [0, 0.05) is 19.2 Å². The van der Waals surface area contributed by atoms with Crippen molar-refractivity contribution in [3.05, 3.63) is 24.0 Å². The number of rotatable bonds is 8. The number of aliphatic carboxylic acids is 1. The number of aryl methyl sites for hydroxylation is 1. The van der Waals surface area contributed by atoms with Gasteiger partial charge in [0.1, 0.15) is 11.7 Å². The fraction of sp³-hybridized carbons (Fsp3) is 0.462. The molecule has 1 atom stereocenters. The quantitative estimate of drug-likeness (QED) is 0.637. The van der Waals surface area contributed by atoms with Crippen LogP contribution in [0.3, 0.4) is 0 Å². The van der Waals surface area contributed by atoms with Crippen molar-refractivity contribution in [1.82, 2.24) is 9.88 Å². The molecule has 4 N–H and O–H groups in total. The van der Waals surface area contributed by atoms with Crippen molar-refractivity contribution in [2.45, 2.75) is 38.8 Å². The summed E-state index contributed by atoms with van der Waals surface area (Å²) in [6.45, 7) is 2.66. The minimum absolute atomic E-state index is 0.0229. The Morgan fingerprint density at radius 3 is 2.70 bits per heavy atom. The van der Waals surface area contributed by atoms with Gasteiger partial charge in [-0.15, -0.1) is 0 Å². The fourth-order valence-corrected chi connectivity index (χ4v) is 1.83. The second-order valence-electron chi connectivity index (χ2n) is 4.46. The lowest BCUT2D eigenvalue weighted by molar-refractivity contribution is -0.139. The largest absolute Gasteiger partial charge is 0.480 e. The van der Waals surface area contributed by atoms with Crippen LogP contribution in [0, 0.1) is 0 Å². The van der Waals surface area contributed by atoms with E-state index in [-0.39, 0.29) is 12.8 Å². The Morgan fingerprint density at radius 2 is 2.15 bits per heavy atom. The van der Waals surface area contributed by atoms with E-state index in [9.17, 15) is 14.4 Å². The minimum Gasteiger partial charge on any atom is -0.480 e. The maximum Gasteiger partial charge on any atom is 0.326 e. The minimum atomic E-state index is -1.19. The van der Waals surface area contributed by atoms with Crippen molar-refractivity contribution in [1.29, 1.82) is 0 Å². The van der Waals surface area contributed by atoms with Crippen molar-refractivity contribution >= 4 is 17.8 Å². The van der Waals surface area contributed by atoms with Crippen LogP contribution in [0.25, 0.3) is 0 Å². The molecule has 0 radical (unpaired) electrons. The highest BCUT2D eigenvalue weighted by atomic mass is 16.4. The monoisotopic (exact) mass is 281 g/mol. The number of carbonyl (C=O) groups is 3. The molecule has 1 aromatic heterocycles. The van der Waals surface area contributed by atoms with Gasteiger partial charge in [-0.3, -0.25) is 9.59 Å². The predicted molar refractivity (Wildman–Crippen MR) is 72.0 cm³/mol. The van der Waals surface area contributed by atoms with Crippen molar-refractivity contribution in [2.24, 2.45) is 5.73 Å². The molecule has 1 heterocycles. The molecule has 0 saturated heterocycles. The molecule has 0 unspecified atom stereocenters. The number of nitrogens with zero attached hydrogens (tertiary/aromatic N) is 1. The first-order chi connectivity index (χ1) is 9.45. The lowest BCUT2D eigenvalue weighted by atomic mass is 10.1. The number of carboxylic acids is 1. The summed E-state index contributed by atoms with van der Waals surface area (Å²) in [6, 6.07) is 2.22. The smallest absolute Gasteiger partial charge is 0.326 e. The zero-order valence-corrected chi connectivity index (χ0v) is 11.3. The summed E-state index contributed by atoms with van der Waals surface area (Å²) >= 11 is 0. The molecule has 2 amide bonds. The van der Waals surface area contributed by atoms with Gasteiger partial charge in [0.25, 0.3) is 5.91 Å². The van der Waals surface area contributed by atoms with E-state index in [0.29, 0.717) is 12.2 Å². The molecule has 0 aromatic carbocycles. The number of primary amides is 1. The van der Waals surface area contributed by atoms with Gasteiger partial charge in [0.15, 0.2) is 0 Å². The van der Waals surface area contributed by atoms with Gasteiger partial charge in [-0.05, 0) is 25.0 Å². The summed E-state index contributed by atoms with van der Waals surface area (Å²) in [6.07, 6.45) is 2.51. The van der Waals surface area contributed by atoms with Crippen LogP contribution in [0.2, 0.25) is 0 Å². The Balaban J connectivity index is 2.72. The van der Waals surface area contributed by atoms with E-state index >= 15 is 0 Å². The average molecular weight is 281 g/mol. The molecular weight excluding hydrogens is 262 g/mol. The zero-order valence-electron chi connectivity index (χ0n) is 11.3. The van der Waals surface area contributed by atoms with Crippen LogP contribution < -0.4 is 11.1 Å². The van der Waals surface area contributed by atoms with E-state index in [0.717, 1.165) is 6.42 Å². The third-order valence-corrected chi connectivity index (χ3v) is 2.81. The second-order valence-corrected chi connectivity index (χ2v) is 4.46. The number of hydrogen-bond acceptors (Lipinski definition) is 3. The number of hydrogen-bond donors (Lipinski definition) is 3. The molecular formula is C13H19N3O4. The summed E-state index contributed by atoms with van der Waals surface area (Å²) in [4.78, 5) is 33.8. The van der Waals surface area contributed by atoms with Crippen LogP contribution in [0.1, 0.15) is 36.7 Å². The Kier molecular flexibility index (Phi) is 5.76. The van der Waals surface area contributed by atoms with Crippen LogP contribution in [0.4, 0.5) is 0 Å². The van der Waals surface area contributed by atoms with E-state index in [1.54, 1.807) is 22.9 Å². The first kappa shape index (κ1) is 15.7. The van der Waals surface area contributed by atoms with Crippen molar-refractivity contribution < 1.29 is 19.5 Å². The van der Waals surface area contributed by atoms with Gasteiger partial charge in [-0.25, -0.2) is 4.79 Å². The summed E-state index contributed by atoms with van der Waals surface area (Å²) in [5.41, 5.74) is 5.38. The number of carbonyl (C=O) groups excluding carboxylic acids is 2. The summed E-state index contributed by atoms with van der Waals surface area (Å²) in [5, 5.41) is 11.4. The van der Waals surface area contributed by atoms with Gasteiger partial charge < -0.3 is 20.7 Å². The van der Waals surface area contributed by atoms with Crippen molar-refractivity contribution in [3.63, 3.8) is 0 Å². The van der Waals surface area contributed by atoms with Gasteiger partial charge in [-0.2, -0.15) is 0 Å². The van der Waals surface area contributed by atoms with Crippen LogP contribution in [0.15, 0.2) is 18.3 Å². The summed E-state index contributed by atoms with van der Waals surface area (Å²) < 4.78 is 1.75. The fourth-order valence-electron chi connectivity index (χ4n) is 1.83. The molecule has 1 rings (SSSR count). The van der Waals surface area contributed by atoms with E-state index < -0.39 is 23.8 Å². The van der Waals surface area contributed by atoms with E-state index in [1.165, 1.54) is 0 Å². The molecule has 0 aliphatic heterocycles. The molecule has 0 aliphatic carbocycles. The third-order valence-electron chi connectivity index (χ3n) is 2.81. The second kappa shape index (κ2) is 7.32. The van der Waals surface area contributed by atoms with Gasteiger partial charge in [-0.1, -0.05) is 6.92 Å². The van der Waals surface area contributed by atoms with Gasteiger partial charge in [0.2, 0.25) is 5.91 Å². The Labute approximate surface area is 116 Å². The molecule has 20 heavy (non-hydrogen) atoms. The molecule has 0 aliphatic rings. The van der Waals surface area contributed by atoms with E-state index in [2.05, 4.69) is 5.32 Å². The van der Waals surface area contributed by atoms with Gasteiger partial charge in [0.05, 0.1) is 0 Å². The van der Waals surface area contributed by atoms with Crippen molar-refractivity contribution in [3.8, 4) is 0 Å². The average Bonchev–Trinajstić information content (AvgIpc) is 2.82. The highest BCUT2D eigenvalue weighted by Crippen LogP contribution is 2.06. The standard InChI is InChI=1S/C13H19N3O4/c1-2-7-16-8-3-4-10(16)12(18)15-9(13(19)20)5-6-11(14)17/h3-4,8-9H,2,5-7H2,1H3,(H2,14,17)(H,15,18)(H,19,20)/t9-/m0/s1. The molecule has 0 bridgehead atoms. The van der Waals surface area contributed by atoms with Crippen LogP contribution in [0.5, 0.6) is 0 Å². The van der Waals surface area contributed by atoms with Crippen molar-refractivity contribution in [2.75, 3.05) is 0 Å². The molecule has 110 valence electrons. The number of nitrogens with one attached hydrogen (secondary N) is 1. The van der Waals surface area contributed by atoms with Crippen LogP contribution in [-0.2, 0) is 16.1 Å². The Bertz CT molecular complexity index is 496. The molecule has 7 heteroatoms. The molecule has 0 spiro atoms. The highest BCUT2D eigenvalue weighted by molar-refractivity contribution is 5.95. The van der Waals surface area contributed by atoms with Crippen LogP contribution >= 0.6 is 0 Å². The maximum absolute atomic E-state index is 12.0. The highest BCUT2D eigenvalue weighted by Gasteiger charge is 2.22. The molecule has 0 fully saturated rings. The third kappa shape index (κ3) is 4.42. The number of carboxylic acid groups (broad SMARTS) is 1. The Hall–Kier alpha value is -2.31.